The van der Waals surface area contributed by atoms with Crippen LogP contribution in [-0.2, 0) is 4.74 Å². The molecule has 0 bridgehead atoms. The Bertz CT molecular complexity index is 203. The summed E-state index contributed by atoms with van der Waals surface area (Å²) in [6.07, 6.45) is 12.1. The van der Waals surface area contributed by atoms with Crippen molar-refractivity contribution in [1.82, 2.24) is 0 Å². The topological polar surface area (TPSA) is 35.2 Å². The maximum atomic E-state index is 6.36. The summed E-state index contributed by atoms with van der Waals surface area (Å²) >= 11 is 0. The SMILES string of the molecule is CCC1CCC(OC2(CN)CCCC2)CC1. The maximum absolute atomic E-state index is 6.36. The molecule has 0 aromatic heterocycles. The van der Waals surface area contributed by atoms with Gasteiger partial charge in [-0.15, -0.1) is 0 Å². The van der Waals surface area contributed by atoms with Gasteiger partial charge in [0.05, 0.1) is 11.7 Å². The van der Waals surface area contributed by atoms with Gasteiger partial charge in [-0.2, -0.15) is 0 Å². The van der Waals surface area contributed by atoms with Gasteiger partial charge in [0.2, 0.25) is 0 Å². The molecule has 2 heteroatoms. The fourth-order valence-electron chi connectivity index (χ4n) is 3.40. The predicted molar refractivity (Wildman–Crippen MR) is 67.4 cm³/mol. The van der Waals surface area contributed by atoms with Crippen LogP contribution in [0.5, 0.6) is 0 Å². The molecule has 2 aliphatic carbocycles. The molecule has 94 valence electrons. The average molecular weight is 225 g/mol. The molecule has 2 saturated carbocycles. The molecule has 2 fully saturated rings. The molecule has 0 spiro atoms. The molecule has 2 nitrogen and oxygen atoms in total. The van der Waals surface area contributed by atoms with Crippen LogP contribution in [0.15, 0.2) is 0 Å². The molecule has 0 amide bonds. The zero-order valence-electron chi connectivity index (χ0n) is 10.7. The average Bonchev–Trinajstić information content (AvgIpc) is 2.79. The minimum absolute atomic E-state index is 0.0592. The van der Waals surface area contributed by atoms with Crippen molar-refractivity contribution in [3.63, 3.8) is 0 Å². The summed E-state index contributed by atoms with van der Waals surface area (Å²) in [5.41, 5.74) is 5.97. The summed E-state index contributed by atoms with van der Waals surface area (Å²) in [5.74, 6) is 0.956. The number of rotatable bonds is 4. The molecule has 2 aliphatic rings. The zero-order chi connectivity index (χ0) is 11.4. The van der Waals surface area contributed by atoms with Gasteiger partial charge in [-0.1, -0.05) is 26.2 Å². The zero-order valence-corrected chi connectivity index (χ0v) is 10.7. The van der Waals surface area contributed by atoms with Crippen LogP contribution in [0.2, 0.25) is 0 Å². The van der Waals surface area contributed by atoms with Crippen LogP contribution in [0.1, 0.15) is 64.7 Å². The summed E-state index contributed by atoms with van der Waals surface area (Å²) in [5, 5.41) is 0. The van der Waals surface area contributed by atoms with Gasteiger partial charge in [0.1, 0.15) is 0 Å². The Morgan fingerprint density at radius 2 is 1.75 bits per heavy atom. The third kappa shape index (κ3) is 2.78. The Balaban J connectivity index is 1.81. The van der Waals surface area contributed by atoms with Crippen LogP contribution in [-0.4, -0.2) is 18.2 Å². The second kappa shape index (κ2) is 5.50. The maximum Gasteiger partial charge on any atom is 0.0807 e. The highest BCUT2D eigenvalue weighted by Crippen LogP contribution is 2.37. The fourth-order valence-corrected chi connectivity index (χ4v) is 3.40. The highest BCUT2D eigenvalue weighted by atomic mass is 16.5. The van der Waals surface area contributed by atoms with Crippen LogP contribution >= 0.6 is 0 Å². The first-order chi connectivity index (χ1) is 7.78. The standard InChI is InChI=1S/C14H27NO/c1-2-12-5-7-13(8-6-12)16-14(11-15)9-3-4-10-14/h12-13H,2-11,15H2,1H3. The second-order valence-corrected chi connectivity index (χ2v) is 5.76. The van der Waals surface area contributed by atoms with E-state index in [1.807, 2.05) is 0 Å². The van der Waals surface area contributed by atoms with E-state index in [2.05, 4.69) is 6.92 Å². The molecule has 0 saturated heterocycles. The van der Waals surface area contributed by atoms with Crippen molar-refractivity contribution < 1.29 is 4.74 Å². The van der Waals surface area contributed by atoms with Crippen molar-refractivity contribution >= 4 is 0 Å². The van der Waals surface area contributed by atoms with Crippen molar-refractivity contribution in [2.24, 2.45) is 11.7 Å². The summed E-state index contributed by atoms with van der Waals surface area (Å²) in [4.78, 5) is 0. The van der Waals surface area contributed by atoms with Crippen molar-refractivity contribution in [3.8, 4) is 0 Å². The van der Waals surface area contributed by atoms with E-state index >= 15 is 0 Å². The lowest BCUT2D eigenvalue weighted by Crippen LogP contribution is -2.42. The van der Waals surface area contributed by atoms with Gasteiger partial charge < -0.3 is 10.5 Å². The normalized spacial score (nSPS) is 34.1. The number of nitrogens with two attached hydrogens (primary N) is 1. The van der Waals surface area contributed by atoms with Gasteiger partial charge in [0.25, 0.3) is 0 Å². The Hall–Kier alpha value is -0.0800. The van der Waals surface area contributed by atoms with Crippen molar-refractivity contribution in [3.05, 3.63) is 0 Å². The Labute approximate surface area is 99.9 Å². The molecule has 0 heterocycles. The lowest BCUT2D eigenvalue weighted by Gasteiger charge is -2.36. The first-order valence-corrected chi connectivity index (χ1v) is 7.16. The molecule has 0 atom stereocenters. The molecular weight excluding hydrogens is 198 g/mol. The van der Waals surface area contributed by atoms with Crippen LogP contribution < -0.4 is 5.73 Å². The molecule has 0 unspecified atom stereocenters. The largest absolute Gasteiger partial charge is 0.370 e. The van der Waals surface area contributed by atoms with Crippen molar-refractivity contribution in [2.75, 3.05) is 6.54 Å². The molecule has 2 N–H and O–H groups in total. The molecule has 0 aromatic carbocycles. The molecule has 0 aliphatic heterocycles. The molecular formula is C14H27NO. The van der Waals surface area contributed by atoms with E-state index in [1.54, 1.807) is 0 Å². The van der Waals surface area contributed by atoms with Gasteiger partial charge >= 0.3 is 0 Å². The minimum Gasteiger partial charge on any atom is -0.370 e. The van der Waals surface area contributed by atoms with Gasteiger partial charge in [-0.3, -0.25) is 0 Å². The monoisotopic (exact) mass is 225 g/mol. The van der Waals surface area contributed by atoms with Crippen LogP contribution in [0.25, 0.3) is 0 Å². The Morgan fingerprint density at radius 1 is 1.12 bits per heavy atom. The van der Waals surface area contributed by atoms with Crippen molar-refractivity contribution in [2.45, 2.75) is 76.4 Å². The van der Waals surface area contributed by atoms with Crippen molar-refractivity contribution in [1.29, 1.82) is 0 Å². The molecule has 16 heavy (non-hydrogen) atoms. The number of hydrogen-bond donors (Lipinski definition) is 1. The first kappa shape index (κ1) is 12.4. The quantitative estimate of drug-likeness (QED) is 0.797. The second-order valence-electron chi connectivity index (χ2n) is 5.76. The van der Waals surface area contributed by atoms with E-state index in [-0.39, 0.29) is 5.60 Å². The van der Waals surface area contributed by atoms with E-state index in [0.717, 1.165) is 12.5 Å². The van der Waals surface area contributed by atoms with Crippen LogP contribution in [0.3, 0.4) is 0 Å². The van der Waals surface area contributed by atoms with Crippen LogP contribution in [0.4, 0.5) is 0 Å². The third-order valence-electron chi connectivity index (χ3n) is 4.67. The van der Waals surface area contributed by atoms with Gasteiger partial charge in [-0.05, 0) is 44.4 Å². The first-order valence-electron chi connectivity index (χ1n) is 7.16. The van der Waals surface area contributed by atoms with Gasteiger partial charge in [-0.25, -0.2) is 0 Å². The van der Waals surface area contributed by atoms with Gasteiger partial charge in [0.15, 0.2) is 0 Å². The van der Waals surface area contributed by atoms with Crippen LogP contribution in [0, 0.1) is 5.92 Å². The fraction of sp³-hybridized carbons (Fsp3) is 1.00. The lowest BCUT2D eigenvalue weighted by molar-refractivity contribution is -0.100. The minimum atomic E-state index is 0.0592. The van der Waals surface area contributed by atoms with E-state index < -0.39 is 0 Å². The predicted octanol–water partition coefficient (Wildman–Crippen LogP) is 3.24. The number of hydrogen-bond acceptors (Lipinski definition) is 2. The van der Waals surface area contributed by atoms with E-state index in [1.165, 1.54) is 57.8 Å². The van der Waals surface area contributed by atoms with Gasteiger partial charge in [0, 0.05) is 6.54 Å². The smallest absolute Gasteiger partial charge is 0.0807 e. The molecule has 2 rings (SSSR count). The molecule has 0 aromatic rings. The highest BCUT2D eigenvalue weighted by Gasteiger charge is 2.36. The van der Waals surface area contributed by atoms with E-state index in [0.29, 0.717) is 6.10 Å². The Morgan fingerprint density at radius 3 is 2.25 bits per heavy atom. The van der Waals surface area contributed by atoms with E-state index in [9.17, 15) is 0 Å². The summed E-state index contributed by atoms with van der Waals surface area (Å²) < 4.78 is 6.36. The summed E-state index contributed by atoms with van der Waals surface area (Å²) in [6, 6.07) is 0. The highest BCUT2D eigenvalue weighted by molar-refractivity contribution is 4.89. The lowest BCUT2D eigenvalue weighted by atomic mass is 9.85. The van der Waals surface area contributed by atoms with E-state index in [4.69, 9.17) is 10.5 Å². The summed E-state index contributed by atoms with van der Waals surface area (Å²) in [6.45, 7) is 3.03. The summed E-state index contributed by atoms with van der Waals surface area (Å²) in [7, 11) is 0. The third-order valence-corrected chi connectivity index (χ3v) is 4.67. The molecule has 0 radical (unpaired) electrons. The number of ether oxygens (including phenoxy) is 1. The Kier molecular flexibility index (Phi) is 4.26.